The van der Waals surface area contributed by atoms with Crippen LogP contribution >= 0.6 is 0 Å². The summed E-state index contributed by atoms with van der Waals surface area (Å²) in [6.45, 7) is 1.84. The highest BCUT2D eigenvalue weighted by molar-refractivity contribution is 5.84. The summed E-state index contributed by atoms with van der Waals surface area (Å²) in [5.74, 6) is -0.0675. The lowest BCUT2D eigenvalue weighted by Crippen LogP contribution is -2.02. The van der Waals surface area contributed by atoms with E-state index in [0.717, 1.165) is 5.57 Å². The van der Waals surface area contributed by atoms with Gasteiger partial charge in [0.15, 0.2) is 0 Å². The summed E-state index contributed by atoms with van der Waals surface area (Å²) in [6.07, 6.45) is 1.24. The first-order chi connectivity index (χ1) is 6.19. The summed E-state index contributed by atoms with van der Waals surface area (Å²) >= 11 is 0. The van der Waals surface area contributed by atoms with Crippen LogP contribution in [0.25, 0.3) is 0 Å². The number of aliphatic hydroxyl groups excluding tert-OH is 1. The molecule has 4 nitrogen and oxygen atoms in total. The quantitative estimate of drug-likeness (QED) is 0.630. The second kappa shape index (κ2) is 4.09. The Labute approximate surface area is 76.5 Å². The number of cyclic esters (lactones) is 1. The van der Waals surface area contributed by atoms with Crippen molar-refractivity contribution in [2.45, 2.75) is 6.92 Å². The molecule has 0 bridgehead atoms. The third-order valence-corrected chi connectivity index (χ3v) is 1.87. The number of aliphatic hydroxyl groups is 1. The second-order valence-electron chi connectivity index (χ2n) is 2.74. The van der Waals surface area contributed by atoms with Crippen molar-refractivity contribution in [3.8, 4) is 0 Å². The highest BCUT2D eigenvalue weighted by Gasteiger charge is 2.16. The number of esters is 1. The Morgan fingerprint density at radius 2 is 2.38 bits per heavy atom. The number of hydrogen-bond acceptors (Lipinski definition) is 4. The van der Waals surface area contributed by atoms with Crippen molar-refractivity contribution in [3.05, 3.63) is 23.0 Å². The summed E-state index contributed by atoms with van der Waals surface area (Å²) in [7, 11) is 1.45. The lowest BCUT2D eigenvalue weighted by atomic mass is 10.1. The lowest BCUT2D eigenvalue weighted by molar-refractivity contribution is -0.136. The fourth-order valence-corrected chi connectivity index (χ4v) is 1.11. The normalized spacial score (nSPS) is 17.8. The van der Waals surface area contributed by atoms with Gasteiger partial charge in [-0.1, -0.05) is 0 Å². The number of rotatable bonds is 2. The summed E-state index contributed by atoms with van der Waals surface area (Å²) in [5.41, 5.74) is 1.43. The van der Waals surface area contributed by atoms with Gasteiger partial charge in [-0.25, -0.2) is 4.79 Å². The van der Waals surface area contributed by atoms with Crippen LogP contribution in [0.1, 0.15) is 6.92 Å². The van der Waals surface area contributed by atoms with E-state index in [2.05, 4.69) is 0 Å². The molecule has 0 aliphatic carbocycles. The first-order valence-electron chi connectivity index (χ1n) is 3.91. The predicted molar refractivity (Wildman–Crippen MR) is 45.8 cm³/mol. The molecule has 1 aliphatic heterocycles. The van der Waals surface area contributed by atoms with Crippen molar-refractivity contribution >= 4 is 5.97 Å². The number of carbonyl (C=O) groups excluding carboxylic acids is 1. The minimum atomic E-state index is -0.445. The second-order valence-corrected chi connectivity index (χ2v) is 2.74. The van der Waals surface area contributed by atoms with Crippen molar-refractivity contribution in [1.29, 1.82) is 0 Å². The van der Waals surface area contributed by atoms with Gasteiger partial charge >= 0.3 is 5.97 Å². The molecule has 1 N–H and O–H groups in total. The van der Waals surface area contributed by atoms with Crippen molar-refractivity contribution in [2.24, 2.45) is 0 Å². The van der Waals surface area contributed by atoms with Crippen molar-refractivity contribution in [1.82, 2.24) is 0 Å². The highest BCUT2D eigenvalue weighted by Crippen LogP contribution is 2.18. The Hall–Kier alpha value is -1.29. The van der Waals surface area contributed by atoms with Gasteiger partial charge in [0.2, 0.25) is 0 Å². The average molecular weight is 184 g/mol. The predicted octanol–water partition coefficient (Wildman–Crippen LogP) is 0.382. The third kappa shape index (κ3) is 2.09. The first kappa shape index (κ1) is 9.80. The zero-order valence-electron chi connectivity index (χ0n) is 7.66. The SMILES string of the molecule is COC1=CC(=O)OCC(C)=C1CO. The maximum absolute atomic E-state index is 11.0. The van der Waals surface area contributed by atoms with Gasteiger partial charge in [-0.05, 0) is 12.5 Å². The maximum atomic E-state index is 11.0. The molecule has 0 amide bonds. The molecule has 13 heavy (non-hydrogen) atoms. The fourth-order valence-electron chi connectivity index (χ4n) is 1.11. The molecule has 4 heteroatoms. The van der Waals surface area contributed by atoms with Crippen LogP contribution in [0, 0.1) is 0 Å². The Bertz CT molecular complexity index is 275. The van der Waals surface area contributed by atoms with Crippen LogP contribution in [0.15, 0.2) is 23.0 Å². The topological polar surface area (TPSA) is 55.8 Å². The van der Waals surface area contributed by atoms with Crippen LogP contribution in [-0.4, -0.2) is 31.4 Å². The molecule has 1 aliphatic rings. The molecule has 1 heterocycles. The van der Waals surface area contributed by atoms with E-state index in [1.165, 1.54) is 13.2 Å². The molecule has 0 unspecified atom stereocenters. The number of carbonyl (C=O) groups is 1. The number of hydrogen-bond donors (Lipinski definition) is 1. The van der Waals surface area contributed by atoms with Gasteiger partial charge in [-0.3, -0.25) is 0 Å². The summed E-state index contributed by atoms with van der Waals surface area (Å²) in [5, 5.41) is 9.03. The largest absolute Gasteiger partial charge is 0.496 e. The first-order valence-corrected chi connectivity index (χ1v) is 3.91. The van der Waals surface area contributed by atoms with Gasteiger partial charge in [-0.15, -0.1) is 0 Å². The van der Waals surface area contributed by atoms with E-state index in [9.17, 15) is 4.79 Å². The molecule has 0 spiro atoms. The highest BCUT2D eigenvalue weighted by atomic mass is 16.5. The van der Waals surface area contributed by atoms with Crippen LogP contribution in [0.3, 0.4) is 0 Å². The zero-order chi connectivity index (χ0) is 9.84. The van der Waals surface area contributed by atoms with E-state index in [-0.39, 0.29) is 13.2 Å². The van der Waals surface area contributed by atoms with E-state index in [4.69, 9.17) is 14.6 Å². The minimum Gasteiger partial charge on any atom is -0.496 e. The molecule has 1 rings (SSSR count). The molecule has 0 aromatic carbocycles. The zero-order valence-corrected chi connectivity index (χ0v) is 7.66. The number of methoxy groups -OCH3 is 1. The van der Waals surface area contributed by atoms with Gasteiger partial charge in [-0.2, -0.15) is 0 Å². The lowest BCUT2D eigenvalue weighted by Gasteiger charge is -2.08. The molecular formula is C9H12O4. The van der Waals surface area contributed by atoms with Gasteiger partial charge in [0.05, 0.1) is 19.8 Å². The molecule has 0 saturated heterocycles. The van der Waals surface area contributed by atoms with Gasteiger partial charge in [0, 0.05) is 5.57 Å². The van der Waals surface area contributed by atoms with Crippen molar-refractivity contribution < 1.29 is 19.4 Å². The third-order valence-electron chi connectivity index (χ3n) is 1.87. The van der Waals surface area contributed by atoms with E-state index >= 15 is 0 Å². The van der Waals surface area contributed by atoms with E-state index in [1.807, 2.05) is 0 Å². The monoisotopic (exact) mass is 184 g/mol. The molecule has 0 aromatic rings. The maximum Gasteiger partial charge on any atom is 0.334 e. The van der Waals surface area contributed by atoms with Gasteiger partial charge in [0.25, 0.3) is 0 Å². The Kier molecular flexibility index (Phi) is 3.08. The Morgan fingerprint density at radius 1 is 1.69 bits per heavy atom. The van der Waals surface area contributed by atoms with Crippen LogP contribution in [-0.2, 0) is 14.3 Å². The Morgan fingerprint density at radius 3 is 2.92 bits per heavy atom. The van der Waals surface area contributed by atoms with Crippen LogP contribution in [0.2, 0.25) is 0 Å². The molecule has 0 saturated carbocycles. The summed E-state index contributed by atoms with van der Waals surface area (Å²) in [4.78, 5) is 11.0. The molecule has 0 aromatic heterocycles. The van der Waals surface area contributed by atoms with Crippen molar-refractivity contribution in [3.63, 3.8) is 0 Å². The molecule has 72 valence electrons. The van der Waals surface area contributed by atoms with Crippen LogP contribution in [0.5, 0.6) is 0 Å². The molecule has 0 radical (unpaired) electrons. The molecule has 0 atom stereocenters. The summed E-state index contributed by atoms with van der Waals surface area (Å²) in [6, 6.07) is 0. The summed E-state index contributed by atoms with van der Waals surface area (Å²) < 4.78 is 9.77. The van der Waals surface area contributed by atoms with Gasteiger partial charge < -0.3 is 14.6 Å². The average Bonchev–Trinajstić information content (AvgIpc) is 2.26. The minimum absolute atomic E-state index is 0.151. The van der Waals surface area contributed by atoms with Crippen molar-refractivity contribution in [2.75, 3.05) is 20.3 Å². The van der Waals surface area contributed by atoms with Gasteiger partial charge in [0.1, 0.15) is 12.4 Å². The van der Waals surface area contributed by atoms with E-state index in [0.29, 0.717) is 11.3 Å². The fraction of sp³-hybridized carbons (Fsp3) is 0.444. The molecule has 0 fully saturated rings. The van der Waals surface area contributed by atoms with Crippen LogP contribution < -0.4 is 0 Å². The van der Waals surface area contributed by atoms with Crippen LogP contribution in [0.4, 0.5) is 0 Å². The Balaban J connectivity index is 3.05. The molecular weight excluding hydrogens is 172 g/mol. The smallest absolute Gasteiger partial charge is 0.334 e. The van der Waals surface area contributed by atoms with E-state index < -0.39 is 5.97 Å². The number of ether oxygens (including phenoxy) is 2. The standard InChI is InChI=1S/C9H12O4/c1-6-5-13-9(11)3-8(12-2)7(6)4-10/h3,10H,4-5H2,1-2H3. The van der Waals surface area contributed by atoms with E-state index in [1.54, 1.807) is 6.92 Å².